The molecule has 2 N–H and O–H groups in total. The Morgan fingerprint density at radius 1 is 1.05 bits per heavy atom. The number of carbonyl (C=O) groups excluding carboxylic acids is 1. The summed E-state index contributed by atoms with van der Waals surface area (Å²) in [5, 5.41) is 0. The van der Waals surface area contributed by atoms with Crippen molar-refractivity contribution in [3.8, 4) is 0 Å². The summed E-state index contributed by atoms with van der Waals surface area (Å²) in [6.45, 7) is 0.323. The fourth-order valence-electron chi connectivity index (χ4n) is 1.12. The zero-order valence-corrected chi connectivity index (χ0v) is 11.9. The highest BCUT2D eigenvalue weighted by Gasteiger charge is 2.00. The topological polar surface area (TPSA) is 86.3 Å². The van der Waals surface area contributed by atoms with Crippen LogP contribution in [0.15, 0.2) is 83.0 Å². The number of rotatable bonds is 1. The monoisotopic (exact) mass is 299 g/mol. The van der Waals surface area contributed by atoms with E-state index in [4.69, 9.17) is 15.2 Å². The molecule has 0 radical (unpaired) electrons. The molecular weight excluding hydrogens is 282 g/mol. The zero-order valence-electron chi connectivity index (χ0n) is 11.9. The molecular formula is C16H17N3O3. The molecule has 22 heavy (non-hydrogen) atoms. The Morgan fingerprint density at radius 3 is 2.59 bits per heavy atom. The van der Waals surface area contributed by atoms with Crippen LogP contribution in [-0.2, 0) is 14.3 Å². The SMILES string of the molecule is NC(=O)C1=C/N=C/C=C\O/C=C/C=C\C=C\C=C\CO\C=N\1. The van der Waals surface area contributed by atoms with E-state index in [1.807, 2.05) is 30.4 Å². The van der Waals surface area contributed by atoms with Crippen LogP contribution in [0.25, 0.3) is 0 Å². The summed E-state index contributed by atoms with van der Waals surface area (Å²) >= 11 is 0. The quantitative estimate of drug-likeness (QED) is 0.805. The van der Waals surface area contributed by atoms with E-state index in [0.717, 1.165) is 6.40 Å². The van der Waals surface area contributed by atoms with Crippen LogP contribution in [0.5, 0.6) is 0 Å². The molecule has 0 aromatic rings. The van der Waals surface area contributed by atoms with Gasteiger partial charge in [0.1, 0.15) is 12.3 Å². The Hall–Kier alpha value is -3.15. The summed E-state index contributed by atoms with van der Waals surface area (Å²) in [4.78, 5) is 18.8. The normalized spacial score (nSPS) is 28.6. The van der Waals surface area contributed by atoms with Crippen molar-refractivity contribution in [3.05, 3.63) is 73.0 Å². The highest BCUT2D eigenvalue weighted by Crippen LogP contribution is 1.95. The van der Waals surface area contributed by atoms with Gasteiger partial charge < -0.3 is 15.2 Å². The van der Waals surface area contributed by atoms with Crippen molar-refractivity contribution >= 4 is 18.5 Å². The Balaban J connectivity index is 2.77. The molecule has 0 atom stereocenters. The van der Waals surface area contributed by atoms with Crippen molar-refractivity contribution in [2.45, 2.75) is 0 Å². The molecule has 0 saturated carbocycles. The van der Waals surface area contributed by atoms with Crippen LogP contribution in [0, 0.1) is 0 Å². The van der Waals surface area contributed by atoms with Gasteiger partial charge in [0.05, 0.1) is 18.7 Å². The molecule has 0 unspecified atom stereocenters. The van der Waals surface area contributed by atoms with Gasteiger partial charge in [-0.15, -0.1) is 0 Å². The third kappa shape index (κ3) is 8.87. The Labute approximate surface area is 129 Å². The lowest BCUT2D eigenvalue weighted by molar-refractivity contribution is -0.114. The van der Waals surface area contributed by atoms with Crippen molar-refractivity contribution in [1.29, 1.82) is 0 Å². The maximum atomic E-state index is 11.1. The van der Waals surface area contributed by atoms with Crippen LogP contribution in [0.3, 0.4) is 0 Å². The molecule has 1 amide bonds. The van der Waals surface area contributed by atoms with Gasteiger partial charge >= 0.3 is 0 Å². The van der Waals surface area contributed by atoms with Gasteiger partial charge in [0.15, 0.2) is 6.40 Å². The molecule has 114 valence electrons. The predicted molar refractivity (Wildman–Crippen MR) is 87.0 cm³/mol. The lowest BCUT2D eigenvalue weighted by Gasteiger charge is -1.95. The summed E-state index contributed by atoms with van der Waals surface area (Å²) in [5.74, 6) is -0.699. The number of hydrogen-bond donors (Lipinski definition) is 1. The number of hydrogen-bond acceptors (Lipinski definition) is 5. The minimum Gasteiger partial charge on any atom is -0.479 e. The fourth-order valence-corrected chi connectivity index (χ4v) is 1.12. The molecule has 0 saturated heterocycles. The number of aliphatic imine (C=N–C) groups is 2. The Morgan fingerprint density at radius 2 is 1.77 bits per heavy atom. The van der Waals surface area contributed by atoms with Gasteiger partial charge in [-0.05, 0) is 18.2 Å². The molecule has 6 heteroatoms. The lowest BCUT2D eigenvalue weighted by atomic mass is 10.4. The first-order chi connectivity index (χ1) is 10.8. The fraction of sp³-hybridized carbons (Fsp3) is 0.0625. The van der Waals surface area contributed by atoms with Gasteiger partial charge in [0.2, 0.25) is 0 Å². The summed E-state index contributed by atoms with van der Waals surface area (Å²) in [5.41, 5.74) is 5.16. The largest absolute Gasteiger partial charge is 0.479 e. The number of primary amides is 1. The molecule has 1 aliphatic heterocycles. The van der Waals surface area contributed by atoms with E-state index >= 15 is 0 Å². The van der Waals surface area contributed by atoms with Crippen molar-refractivity contribution in [3.63, 3.8) is 0 Å². The smallest absolute Gasteiger partial charge is 0.269 e. The molecule has 0 fully saturated rings. The van der Waals surface area contributed by atoms with Crippen LogP contribution in [-0.4, -0.2) is 25.1 Å². The van der Waals surface area contributed by atoms with Gasteiger partial charge in [0, 0.05) is 6.21 Å². The lowest BCUT2D eigenvalue weighted by Crippen LogP contribution is -2.12. The molecule has 1 aliphatic rings. The first-order valence-corrected chi connectivity index (χ1v) is 6.43. The molecule has 1 rings (SSSR count). The van der Waals surface area contributed by atoms with Crippen molar-refractivity contribution in [2.75, 3.05) is 6.61 Å². The average Bonchev–Trinajstić information content (AvgIpc) is 2.50. The maximum Gasteiger partial charge on any atom is 0.269 e. The van der Waals surface area contributed by atoms with Crippen molar-refractivity contribution < 1.29 is 14.3 Å². The second kappa shape index (κ2) is 11.7. The Kier molecular flexibility index (Phi) is 8.96. The van der Waals surface area contributed by atoms with E-state index in [0.29, 0.717) is 6.61 Å². The molecule has 0 bridgehead atoms. The average molecular weight is 299 g/mol. The van der Waals surface area contributed by atoms with Crippen LogP contribution in [0.2, 0.25) is 0 Å². The number of nitrogens with two attached hydrogens (primary N) is 1. The van der Waals surface area contributed by atoms with E-state index in [1.165, 1.54) is 24.9 Å². The van der Waals surface area contributed by atoms with Crippen molar-refractivity contribution in [2.24, 2.45) is 15.7 Å². The first-order valence-electron chi connectivity index (χ1n) is 6.43. The minimum atomic E-state index is -0.699. The van der Waals surface area contributed by atoms with Gasteiger partial charge in [-0.3, -0.25) is 9.79 Å². The highest BCUT2D eigenvalue weighted by molar-refractivity contribution is 5.92. The minimum absolute atomic E-state index is 0.0172. The molecule has 1 heterocycles. The third-order valence-corrected chi connectivity index (χ3v) is 2.09. The summed E-state index contributed by atoms with van der Waals surface area (Å²) in [6.07, 6.45) is 21.1. The van der Waals surface area contributed by atoms with E-state index in [2.05, 4.69) is 9.98 Å². The maximum absolute atomic E-state index is 11.1. The van der Waals surface area contributed by atoms with Crippen LogP contribution in [0.4, 0.5) is 0 Å². The molecule has 0 aliphatic carbocycles. The standard InChI is InChI=1S/C16H17N3O3/c17-16(20)15-13-18-9-8-12-21-10-6-4-2-1-3-5-7-11-22-14-19-15/h1-10,12-14H,11H2,(H2,17,20)/b3-1+,4-2-,7-5+,10-6+,12-8-,15-13-,18-9+,19-14+. The highest BCUT2D eigenvalue weighted by atomic mass is 16.5. The zero-order chi connectivity index (χ0) is 15.9. The number of ether oxygens (including phenoxy) is 2. The number of amides is 1. The number of nitrogens with zero attached hydrogens (tertiary/aromatic N) is 2. The summed E-state index contributed by atoms with van der Waals surface area (Å²) in [6, 6.07) is 0. The molecule has 0 aromatic carbocycles. The van der Waals surface area contributed by atoms with Gasteiger partial charge in [-0.25, -0.2) is 4.99 Å². The summed E-state index contributed by atoms with van der Waals surface area (Å²) in [7, 11) is 0. The van der Waals surface area contributed by atoms with E-state index < -0.39 is 5.91 Å². The van der Waals surface area contributed by atoms with Crippen LogP contribution >= 0.6 is 0 Å². The van der Waals surface area contributed by atoms with Crippen molar-refractivity contribution in [1.82, 2.24) is 0 Å². The van der Waals surface area contributed by atoms with Gasteiger partial charge in [-0.1, -0.05) is 30.4 Å². The molecule has 6 nitrogen and oxygen atoms in total. The van der Waals surface area contributed by atoms with E-state index in [-0.39, 0.29) is 5.70 Å². The van der Waals surface area contributed by atoms with Crippen LogP contribution in [0.1, 0.15) is 0 Å². The third-order valence-electron chi connectivity index (χ3n) is 2.09. The van der Waals surface area contributed by atoms with Gasteiger partial charge in [-0.2, -0.15) is 0 Å². The molecule has 0 aromatic heterocycles. The Bertz CT molecular complexity index is 579. The van der Waals surface area contributed by atoms with E-state index in [9.17, 15) is 4.79 Å². The van der Waals surface area contributed by atoms with E-state index in [1.54, 1.807) is 18.2 Å². The summed E-state index contributed by atoms with van der Waals surface area (Å²) < 4.78 is 10.2. The number of allylic oxidation sites excluding steroid dienone is 7. The second-order valence-corrected chi connectivity index (χ2v) is 3.74. The second-order valence-electron chi connectivity index (χ2n) is 3.74. The van der Waals surface area contributed by atoms with Crippen LogP contribution < -0.4 is 5.73 Å². The first kappa shape index (κ1) is 16.9. The number of carbonyl (C=O) groups is 1. The predicted octanol–water partition coefficient (Wildman–Crippen LogP) is 2.16. The molecule has 0 spiro atoms. The van der Waals surface area contributed by atoms with Gasteiger partial charge in [0.25, 0.3) is 5.91 Å².